The lowest BCUT2D eigenvalue weighted by Crippen LogP contribution is -2.42. The van der Waals surface area contributed by atoms with Crippen LogP contribution in [-0.4, -0.2) is 58.0 Å². The minimum atomic E-state index is -1.58. The lowest BCUT2D eigenvalue weighted by atomic mass is 9.70. The number of aliphatic hydroxyl groups is 1. The number of carbonyl (C=O) groups excluding carboxylic acids is 3. The van der Waals surface area contributed by atoms with Crippen LogP contribution in [0.5, 0.6) is 17.2 Å². The molecule has 1 heterocycles. The number of nitrogens with one attached hydrogen (secondary N) is 1. The molecule has 3 rings (SSSR count). The Balaban J connectivity index is 2.05. The zero-order valence-corrected chi connectivity index (χ0v) is 19.5. The normalized spacial score (nSPS) is 21.9. The molecule has 0 saturated carbocycles. The number of phenolic OH excluding ortho intramolecular Hbond substituents is 2. The van der Waals surface area contributed by atoms with Gasteiger partial charge in [-0.2, -0.15) is 0 Å². The number of aromatic hydroxyl groups is 2. The highest BCUT2D eigenvalue weighted by Crippen LogP contribution is 2.57. The van der Waals surface area contributed by atoms with Gasteiger partial charge in [0.2, 0.25) is 0 Å². The minimum absolute atomic E-state index is 0.0300. The number of fused-ring (bicyclic) bond motifs is 3. The van der Waals surface area contributed by atoms with Gasteiger partial charge in [0, 0.05) is 23.9 Å². The first-order valence-electron chi connectivity index (χ1n) is 10.7. The molecule has 9 nitrogen and oxygen atoms in total. The summed E-state index contributed by atoms with van der Waals surface area (Å²) in [7, 11) is 0. The van der Waals surface area contributed by atoms with E-state index >= 15 is 0 Å². The van der Waals surface area contributed by atoms with Crippen molar-refractivity contribution in [2.75, 3.05) is 13.2 Å². The van der Waals surface area contributed by atoms with E-state index in [0.717, 1.165) is 6.08 Å². The first kappa shape index (κ1) is 24.5. The van der Waals surface area contributed by atoms with Gasteiger partial charge in [0.15, 0.2) is 17.3 Å². The van der Waals surface area contributed by atoms with E-state index in [2.05, 4.69) is 5.32 Å². The molecule has 1 aliphatic heterocycles. The first-order valence-corrected chi connectivity index (χ1v) is 10.7. The van der Waals surface area contributed by atoms with E-state index in [4.69, 9.17) is 9.47 Å². The van der Waals surface area contributed by atoms with Crippen molar-refractivity contribution in [3.05, 3.63) is 39.8 Å². The molecule has 0 amide bonds. The molecule has 0 spiro atoms. The monoisotopic (exact) mass is 459 g/mol. The van der Waals surface area contributed by atoms with Gasteiger partial charge in [-0.15, -0.1) is 0 Å². The van der Waals surface area contributed by atoms with Gasteiger partial charge in [-0.1, -0.05) is 0 Å². The third-order valence-electron chi connectivity index (χ3n) is 5.98. The zero-order chi connectivity index (χ0) is 24.8. The van der Waals surface area contributed by atoms with Crippen LogP contribution in [-0.2, 0) is 19.7 Å². The number of ether oxygens (including phenoxy) is 2. The molecule has 178 valence electrons. The van der Waals surface area contributed by atoms with Gasteiger partial charge in [-0.3, -0.25) is 14.4 Å². The van der Waals surface area contributed by atoms with E-state index in [1.165, 1.54) is 20.8 Å². The van der Waals surface area contributed by atoms with Crippen molar-refractivity contribution >= 4 is 17.3 Å². The molecular weight excluding hydrogens is 430 g/mol. The van der Waals surface area contributed by atoms with Crippen LogP contribution in [0.3, 0.4) is 0 Å². The number of phenols is 2. The number of hydrogen-bond donors (Lipinski definition) is 4. The standard InChI is InChI=1S/C24H29NO8/c1-10(2)32-9-14(27)8-25-12(4)17-15(28)7-16-24(6,23(17)31)19-21(30)11(3)20(29)18(13(5)26)22(19)33-16/h7,10,14,25,27,29-30H,8-9H2,1-6H3. The summed E-state index contributed by atoms with van der Waals surface area (Å²) in [6.45, 7) is 9.51. The van der Waals surface area contributed by atoms with E-state index in [1.807, 2.05) is 13.8 Å². The second kappa shape index (κ2) is 8.64. The van der Waals surface area contributed by atoms with Crippen LogP contribution in [0.2, 0.25) is 0 Å². The lowest BCUT2D eigenvalue weighted by molar-refractivity contribution is -0.123. The number of Topliss-reactive ketones (excluding diaryl/α,β-unsaturated/α-hetero) is 2. The number of carbonyl (C=O) groups is 3. The molecule has 1 aliphatic carbocycles. The summed E-state index contributed by atoms with van der Waals surface area (Å²) in [6.07, 6.45) is 0.236. The molecule has 4 N–H and O–H groups in total. The van der Waals surface area contributed by atoms with Crippen LogP contribution in [0.4, 0.5) is 0 Å². The summed E-state index contributed by atoms with van der Waals surface area (Å²) in [5, 5.41) is 34.2. The van der Waals surface area contributed by atoms with Gasteiger partial charge >= 0.3 is 0 Å². The highest BCUT2D eigenvalue weighted by molar-refractivity contribution is 6.31. The molecule has 0 saturated heterocycles. The Labute approximate surface area is 191 Å². The average Bonchev–Trinajstić information content (AvgIpc) is 3.02. The first-order chi connectivity index (χ1) is 15.3. The highest BCUT2D eigenvalue weighted by atomic mass is 16.5. The summed E-state index contributed by atoms with van der Waals surface area (Å²) in [6, 6.07) is 0. The SMILES string of the molecule is CC(=O)c1c(O)c(C)c(O)c2c1OC1=CC(=O)C(=C(C)NCC(O)COC(C)C)C(=O)C12C. The molecule has 33 heavy (non-hydrogen) atoms. The Morgan fingerprint density at radius 2 is 1.85 bits per heavy atom. The zero-order valence-electron chi connectivity index (χ0n) is 19.5. The van der Waals surface area contributed by atoms with Crippen LogP contribution < -0.4 is 10.1 Å². The fourth-order valence-corrected chi connectivity index (χ4v) is 4.08. The topological polar surface area (TPSA) is 142 Å². The summed E-state index contributed by atoms with van der Waals surface area (Å²) in [4.78, 5) is 38.7. The number of rotatable bonds is 7. The van der Waals surface area contributed by atoms with E-state index in [-0.39, 0.29) is 64.5 Å². The maximum absolute atomic E-state index is 13.6. The van der Waals surface area contributed by atoms with Crippen molar-refractivity contribution in [2.45, 2.75) is 59.2 Å². The van der Waals surface area contributed by atoms with E-state index in [0.29, 0.717) is 0 Å². The molecule has 2 atom stereocenters. The molecule has 0 bridgehead atoms. The predicted octanol–water partition coefficient (Wildman–Crippen LogP) is 1.94. The Kier molecular flexibility index (Phi) is 6.41. The minimum Gasteiger partial charge on any atom is -0.507 e. The molecule has 1 aromatic carbocycles. The van der Waals surface area contributed by atoms with Crippen molar-refractivity contribution in [3.8, 4) is 17.2 Å². The van der Waals surface area contributed by atoms with Crippen LogP contribution in [0, 0.1) is 6.92 Å². The third kappa shape index (κ3) is 3.91. The quantitative estimate of drug-likeness (QED) is 0.273. The maximum Gasteiger partial charge on any atom is 0.194 e. The molecule has 2 unspecified atom stereocenters. The smallest absolute Gasteiger partial charge is 0.194 e. The second-order valence-corrected chi connectivity index (χ2v) is 8.80. The molecule has 1 aromatic rings. The lowest BCUT2D eigenvalue weighted by Gasteiger charge is -2.29. The summed E-state index contributed by atoms with van der Waals surface area (Å²) < 4.78 is 11.1. The Morgan fingerprint density at radius 1 is 1.21 bits per heavy atom. The fraction of sp³-hybridized carbons (Fsp3) is 0.458. The number of benzene rings is 1. The third-order valence-corrected chi connectivity index (χ3v) is 5.98. The summed E-state index contributed by atoms with van der Waals surface area (Å²) in [5.74, 6) is -2.73. The van der Waals surface area contributed by atoms with Gasteiger partial charge in [0.05, 0.1) is 30.0 Å². The van der Waals surface area contributed by atoms with Gasteiger partial charge in [-0.05, 0) is 41.5 Å². The largest absolute Gasteiger partial charge is 0.507 e. The maximum atomic E-state index is 13.6. The van der Waals surface area contributed by atoms with Gasteiger partial charge in [0.25, 0.3) is 0 Å². The van der Waals surface area contributed by atoms with E-state index in [1.54, 1.807) is 6.92 Å². The Hall–Kier alpha value is -3.17. The number of ketones is 3. The van der Waals surface area contributed by atoms with Crippen LogP contribution in [0.1, 0.15) is 56.1 Å². The van der Waals surface area contributed by atoms with Crippen LogP contribution in [0.15, 0.2) is 23.1 Å². The van der Waals surface area contributed by atoms with Crippen molar-refractivity contribution in [3.63, 3.8) is 0 Å². The van der Waals surface area contributed by atoms with Crippen molar-refractivity contribution < 1.29 is 39.2 Å². The van der Waals surface area contributed by atoms with Crippen molar-refractivity contribution in [1.82, 2.24) is 5.32 Å². The van der Waals surface area contributed by atoms with Crippen molar-refractivity contribution in [2.24, 2.45) is 0 Å². The van der Waals surface area contributed by atoms with Gasteiger partial charge in [-0.25, -0.2) is 0 Å². The van der Waals surface area contributed by atoms with Crippen LogP contribution >= 0.6 is 0 Å². The number of hydrogen-bond acceptors (Lipinski definition) is 9. The van der Waals surface area contributed by atoms with Gasteiger partial charge < -0.3 is 30.1 Å². The molecular formula is C24H29NO8. The van der Waals surface area contributed by atoms with Gasteiger partial charge in [0.1, 0.15) is 34.0 Å². The Bertz CT molecular complexity index is 1110. The molecule has 0 radical (unpaired) electrons. The molecule has 0 aromatic heterocycles. The van der Waals surface area contributed by atoms with E-state index < -0.39 is 34.6 Å². The fourth-order valence-electron chi connectivity index (χ4n) is 4.08. The Morgan fingerprint density at radius 3 is 2.42 bits per heavy atom. The van der Waals surface area contributed by atoms with E-state index in [9.17, 15) is 29.7 Å². The molecule has 0 fully saturated rings. The molecule has 9 heteroatoms. The average molecular weight is 459 g/mol. The second-order valence-electron chi connectivity index (χ2n) is 8.80. The predicted molar refractivity (Wildman–Crippen MR) is 118 cm³/mol. The number of allylic oxidation sites excluding steroid dienone is 4. The summed E-state index contributed by atoms with van der Waals surface area (Å²) in [5.41, 5.74) is -1.57. The van der Waals surface area contributed by atoms with Crippen LogP contribution in [0.25, 0.3) is 0 Å². The molecule has 2 aliphatic rings. The highest BCUT2D eigenvalue weighted by Gasteiger charge is 2.56. The summed E-state index contributed by atoms with van der Waals surface area (Å²) >= 11 is 0. The van der Waals surface area contributed by atoms with Crippen molar-refractivity contribution in [1.29, 1.82) is 0 Å². The number of aliphatic hydroxyl groups excluding tert-OH is 1.